The molecule has 0 aliphatic carbocycles. The number of benzene rings is 2. The third kappa shape index (κ3) is 2.45. The van der Waals surface area contributed by atoms with E-state index in [0.29, 0.717) is 18.5 Å². The molecule has 2 aromatic carbocycles. The van der Waals surface area contributed by atoms with Gasteiger partial charge < -0.3 is 10.0 Å². The number of carbonyl (C=O) groups is 2. The Morgan fingerprint density at radius 2 is 1.90 bits per heavy atom. The van der Waals surface area contributed by atoms with E-state index in [4.69, 9.17) is 5.11 Å². The van der Waals surface area contributed by atoms with Crippen molar-refractivity contribution in [2.45, 2.75) is 6.42 Å². The van der Waals surface area contributed by atoms with E-state index < -0.39 is 5.97 Å². The third-order valence-electron chi connectivity index (χ3n) is 3.57. The van der Waals surface area contributed by atoms with Crippen molar-refractivity contribution in [3.63, 3.8) is 0 Å². The summed E-state index contributed by atoms with van der Waals surface area (Å²) in [6.45, 7) is 0.568. The van der Waals surface area contributed by atoms with E-state index in [1.54, 1.807) is 23.1 Å². The number of anilines is 1. The number of hydrogen-bond acceptors (Lipinski definition) is 2. The van der Waals surface area contributed by atoms with Crippen LogP contribution in [0, 0.1) is 0 Å². The minimum atomic E-state index is -0.951. The molecule has 1 heterocycles. The quantitative estimate of drug-likeness (QED) is 0.907. The molecule has 1 N–H and O–H groups in total. The number of nitrogens with zero attached hydrogens (tertiary/aromatic N) is 1. The minimum absolute atomic E-state index is 0.0794. The molecule has 21 heavy (non-hydrogen) atoms. The smallest absolute Gasteiger partial charge is 0.335 e. The highest BCUT2D eigenvalue weighted by atomic mass is 79.9. The van der Waals surface area contributed by atoms with Gasteiger partial charge in [-0.3, -0.25) is 4.79 Å². The summed E-state index contributed by atoms with van der Waals surface area (Å²) in [7, 11) is 0. The second-order valence-electron chi connectivity index (χ2n) is 4.84. The van der Waals surface area contributed by atoms with E-state index in [0.717, 1.165) is 15.7 Å². The Bertz CT molecular complexity index is 742. The zero-order valence-electron chi connectivity index (χ0n) is 11.0. The van der Waals surface area contributed by atoms with Gasteiger partial charge in [0.15, 0.2) is 0 Å². The minimum Gasteiger partial charge on any atom is -0.478 e. The second-order valence-corrected chi connectivity index (χ2v) is 5.69. The van der Waals surface area contributed by atoms with E-state index >= 15 is 0 Å². The monoisotopic (exact) mass is 345 g/mol. The molecule has 0 bridgehead atoms. The molecule has 1 aliphatic heterocycles. The van der Waals surface area contributed by atoms with Crippen LogP contribution in [0.25, 0.3) is 0 Å². The number of halogens is 1. The van der Waals surface area contributed by atoms with E-state index in [-0.39, 0.29) is 11.5 Å². The van der Waals surface area contributed by atoms with Gasteiger partial charge in [-0.25, -0.2) is 4.79 Å². The number of rotatable bonds is 2. The Kier molecular flexibility index (Phi) is 3.51. The molecular formula is C16H12BrNO3. The number of carbonyl (C=O) groups excluding carboxylic acids is 1. The van der Waals surface area contributed by atoms with Gasteiger partial charge in [-0.15, -0.1) is 0 Å². The number of fused-ring (bicyclic) bond motifs is 1. The maximum Gasteiger partial charge on any atom is 0.335 e. The normalized spacial score (nSPS) is 13.1. The predicted octanol–water partition coefficient (Wildman–Crippen LogP) is 3.35. The summed E-state index contributed by atoms with van der Waals surface area (Å²) in [5.41, 5.74) is 2.55. The first-order valence-corrected chi connectivity index (χ1v) is 7.30. The van der Waals surface area contributed by atoms with Gasteiger partial charge in [0.25, 0.3) is 5.91 Å². The van der Waals surface area contributed by atoms with Crippen molar-refractivity contribution in [3.8, 4) is 0 Å². The van der Waals surface area contributed by atoms with Crippen LogP contribution in [0.4, 0.5) is 5.69 Å². The lowest BCUT2D eigenvalue weighted by molar-refractivity contribution is 0.0696. The zero-order chi connectivity index (χ0) is 15.0. The fourth-order valence-corrected chi connectivity index (χ4v) is 2.98. The predicted molar refractivity (Wildman–Crippen MR) is 82.9 cm³/mol. The lowest BCUT2D eigenvalue weighted by Crippen LogP contribution is -2.29. The van der Waals surface area contributed by atoms with Gasteiger partial charge in [0.2, 0.25) is 0 Å². The van der Waals surface area contributed by atoms with Gasteiger partial charge in [0, 0.05) is 16.7 Å². The standard InChI is InChI=1S/C16H12BrNO3/c17-13-4-2-1-3-12(13)15(19)18-8-7-10-9-11(16(20)21)5-6-14(10)18/h1-6,9H,7-8H2,(H,20,21). The highest BCUT2D eigenvalue weighted by molar-refractivity contribution is 9.10. The van der Waals surface area contributed by atoms with E-state index in [1.165, 1.54) is 6.07 Å². The summed E-state index contributed by atoms with van der Waals surface area (Å²) in [4.78, 5) is 25.3. The van der Waals surface area contributed by atoms with Crippen molar-refractivity contribution in [1.82, 2.24) is 0 Å². The van der Waals surface area contributed by atoms with Gasteiger partial charge in [-0.05, 0) is 58.2 Å². The number of aromatic carboxylic acids is 1. The number of amides is 1. The summed E-state index contributed by atoms with van der Waals surface area (Å²) < 4.78 is 0.755. The molecule has 0 aromatic heterocycles. The zero-order valence-corrected chi connectivity index (χ0v) is 12.6. The Labute approximate surface area is 130 Å². The molecule has 0 saturated heterocycles. The average molecular weight is 346 g/mol. The lowest BCUT2D eigenvalue weighted by atomic mass is 10.1. The van der Waals surface area contributed by atoms with Gasteiger partial charge in [0.05, 0.1) is 11.1 Å². The molecule has 0 radical (unpaired) electrons. The molecule has 4 nitrogen and oxygen atoms in total. The summed E-state index contributed by atoms with van der Waals surface area (Å²) in [5.74, 6) is -1.03. The SMILES string of the molecule is O=C(O)c1ccc2c(c1)CCN2C(=O)c1ccccc1Br. The molecule has 0 unspecified atom stereocenters. The van der Waals surface area contributed by atoms with Crippen molar-refractivity contribution >= 4 is 33.5 Å². The molecule has 1 aliphatic rings. The fraction of sp³-hybridized carbons (Fsp3) is 0.125. The Hall–Kier alpha value is -2.14. The third-order valence-corrected chi connectivity index (χ3v) is 4.26. The lowest BCUT2D eigenvalue weighted by Gasteiger charge is -2.18. The second kappa shape index (κ2) is 5.33. The highest BCUT2D eigenvalue weighted by Crippen LogP contribution is 2.31. The fourth-order valence-electron chi connectivity index (χ4n) is 2.53. The van der Waals surface area contributed by atoms with E-state index in [1.807, 2.05) is 18.2 Å². The molecule has 2 aromatic rings. The first kappa shape index (κ1) is 13.8. The van der Waals surface area contributed by atoms with Gasteiger partial charge in [0.1, 0.15) is 0 Å². The van der Waals surface area contributed by atoms with Crippen molar-refractivity contribution < 1.29 is 14.7 Å². The topological polar surface area (TPSA) is 57.6 Å². The van der Waals surface area contributed by atoms with Crippen LogP contribution < -0.4 is 4.90 Å². The van der Waals surface area contributed by atoms with Gasteiger partial charge >= 0.3 is 5.97 Å². The maximum atomic E-state index is 12.6. The molecule has 5 heteroatoms. The van der Waals surface area contributed by atoms with Crippen LogP contribution in [0.5, 0.6) is 0 Å². The van der Waals surface area contributed by atoms with E-state index in [9.17, 15) is 9.59 Å². The number of carboxylic acid groups (broad SMARTS) is 1. The number of carboxylic acids is 1. The van der Waals surface area contributed by atoms with Crippen molar-refractivity contribution in [3.05, 3.63) is 63.6 Å². The molecule has 0 spiro atoms. The first-order valence-electron chi connectivity index (χ1n) is 6.50. The van der Waals surface area contributed by atoms with Crippen LogP contribution in [0.3, 0.4) is 0 Å². The van der Waals surface area contributed by atoms with E-state index in [2.05, 4.69) is 15.9 Å². The van der Waals surface area contributed by atoms with Gasteiger partial charge in [-0.1, -0.05) is 12.1 Å². The Balaban J connectivity index is 1.96. The molecule has 1 amide bonds. The molecule has 106 valence electrons. The summed E-state index contributed by atoms with van der Waals surface area (Å²) in [6, 6.07) is 12.2. The van der Waals surface area contributed by atoms with Crippen molar-refractivity contribution in [2.75, 3.05) is 11.4 Å². The van der Waals surface area contributed by atoms with Crippen LogP contribution in [-0.2, 0) is 6.42 Å². The highest BCUT2D eigenvalue weighted by Gasteiger charge is 2.27. The molecule has 3 rings (SSSR count). The summed E-state index contributed by atoms with van der Waals surface area (Å²) >= 11 is 3.39. The van der Waals surface area contributed by atoms with Crippen LogP contribution in [0.2, 0.25) is 0 Å². The van der Waals surface area contributed by atoms with Crippen LogP contribution >= 0.6 is 15.9 Å². The maximum absolute atomic E-state index is 12.6. The summed E-state index contributed by atoms with van der Waals surface area (Å²) in [6.07, 6.45) is 0.673. The van der Waals surface area contributed by atoms with Crippen molar-refractivity contribution in [2.24, 2.45) is 0 Å². The largest absolute Gasteiger partial charge is 0.478 e. The van der Waals surface area contributed by atoms with Crippen molar-refractivity contribution in [1.29, 1.82) is 0 Å². The van der Waals surface area contributed by atoms with Gasteiger partial charge in [-0.2, -0.15) is 0 Å². The molecule has 0 saturated carbocycles. The molecular weight excluding hydrogens is 334 g/mol. The molecule has 0 fully saturated rings. The van der Waals surface area contributed by atoms with Crippen LogP contribution in [0.15, 0.2) is 46.9 Å². The Morgan fingerprint density at radius 3 is 2.62 bits per heavy atom. The Morgan fingerprint density at radius 1 is 1.14 bits per heavy atom. The molecule has 0 atom stereocenters. The summed E-state index contributed by atoms with van der Waals surface area (Å²) in [5, 5.41) is 9.02. The average Bonchev–Trinajstić information content (AvgIpc) is 2.90. The first-order chi connectivity index (χ1) is 10.1. The number of hydrogen-bond donors (Lipinski definition) is 1. The van der Waals surface area contributed by atoms with Crippen LogP contribution in [-0.4, -0.2) is 23.5 Å². The van der Waals surface area contributed by atoms with Crippen LogP contribution in [0.1, 0.15) is 26.3 Å².